The van der Waals surface area contributed by atoms with Gasteiger partial charge in [0.25, 0.3) is 15.9 Å². The molecule has 2 bridgehead atoms. The molecule has 2 N–H and O–H groups in total. The zero-order valence-corrected chi connectivity index (χ0v) is 29.0. The Kier molecular flexibility index (Phi) is 8.25. The van der Waals surface area contributed by atoms with Crippen LogP contribution in [0.2, 0.25) is 10.0 Å². The molecular weight excluding hydrogens is 723 g/mol. The number of amides is 1. The Balaban J connectivity index is 1.16. The maximum absolute atomic E-state index is 15.9. The molecule has 2 saturated heterocycles. The van der Waals surface area contributed by atoms with E-state index in [2.05, 4.69) is 32.0 Å². The lowest BCUT2D eigenvalue weighted by Crippen LogP contribution is -2.54. The standard InChI is InChI=1S/C34H27Cl2F2N9O3S/c1-45-15-18-9-10-19(16-45)46(18)34(48)30-20-5-2-3-7-25(20)47(43-30)27-14-13-24-32(41-27)33(40-17-39-24)42-31-22(37)11-12-23(29(31)38)44-51(49,50)26-8-4-6-21(35)28(26)36/h2-8,11-14,17-19,44H,9-10,15-16H2,1H3,(H,39,40,42). The number of fused-ring (bicyclic) bond motifs is 4. The van der Waals surface area contributed by atoms with Gasteiger partial charge in [-0.25, -0.2) is 36.8 Å². The minimum Gasteiger partial charge on any atom is -0.333 e. The maximum Gasteiger partial charge on any atom is 0.275 e. The highest BCUT2D eigenvalue weighted by Crippen LogP contribution is 2.35. The fraction of sp³-hybridized carbons (Fsp3) is 0.206. The first kappa shape index (κ1) is 33.2. The molecule has 3 aromatic carbocycles. The molecule has 2 aliphatic heterocycles. The van der Waals surface area contributed by atoms with E-state index in [-0.39, 0.29) is 44.3 Å². The fourth-order valence-electron chi connectivity index (χ4n) is 6.86. The molecule has 5 heterocycles. The molecule has 2 fully saturated rings. The zero-order chi connectivity index (χ0) is 35.6. The molecule has 17 heteroatoms. The topological polar surface area (TPSA) is 138 Å². The third-order valence-corrected chi connectivity index (χ3v) is 11.5. The van der Waals surface area contributed by atoms with E-state index in [1.165, 1.54) is 24.5 Å². The van der Waals surface area contributed by atoms with E-state index in [1.807, 2.05) is 29.2 Å². The van der Waals surface area contributed by atoms with E-state index in [1.54, 1.807) is 16.8 Å². The van der Waals surface area contributed by atoms with Gasteiger partial charge < -0.3 is 15.1 Å². The molecule has 8 rings (SSSR count). The summed E-state index contributed by atoms with van der Waals surface area (Å²) < 4.78 is 60.9. The number of sulfonamides is 1. The molecule has 3 aromatic heterocycles. The van der Waals surface area contributed by atoms with Gasteiger partial charge in [-0.1, -0.05) is 47.5 Å². The molecule has 2 aliphatic rings. The Labute approximate surface area is 300 Å². The number of aromatic nitrogens is 5. The van der Waals surface area contributed by atoms with Crippen LogP contribution in [0.3, 0.4) is 0 Å². The van der Waals surface area contributed by atoms with E-state index >= 15 is 8.78 Å². The summed E-state index contributed by atoms with van der Waals surface area (Å²) in [4.78, 5) is 31.0. The molecule has 0 spiro atoms. The van der Waals surface area contributed by atoms with Crippen molar-refractivity contribution in [2.75, 3.05) is 30.2 Å². The lowest BCUT2D eigenvalue weighted by atomic mass is 10.1. The first-order valence-corrected chi connectivity index (χ1v) is 18.1. The number of rotatable bonds is 7. The highest BCUT2D eigenvalue weighted by molar-refractivity contribution is 7.92. The molecule has 1 amide bonds. The fourth-order valence-corrected chi connectivity index (χ4v) is 8.68. The summed E-state index contributed by atoms with van der Waals surface area (Å²) in [6, 6.07) is 16.7. The second kappa shape index (κ2) is 12.7. The molecule has 2 atom stereocenters. The molecule has 0 saturated carbocycles. The molecule has 0 radical (unpaired) electrons. The summed E-state index contributed by atoms with van der Waals surface area (Å²) in [7, 11) is -2.37. The average Bonchev–Trinajstić information content (AvgIpc) is 3.63. The van der Waals surface area contributed by atoms with Gasteiger partial charge in [-0.2, -0.15) is 5.10 Å². The second-order valence-electron chi connectivity index (χ2n) is 12.4. The van der Waals surface area contributed by atoms with Gasteiger partial charge in [-0.15, -0.1) is 0 Å². The summed E-state index contributed by atoms with van der Waals surface area (Å²) in [6.07, 6.45) is 3.07. The van der Waals surface area contributed by atoms with E-state index in [4.69, 9.17) is 33.3 Å². The van der Waals surface area contributed by atoms with Crippen LogP contribution in [0.5, 0.6) is 0 Å². The molecule has 51 heavy (non-hydrogen) atoms. The molecular formula is C34H27Cl2F2N9O3S. The van der Waals surface area contributed by atoms with Crippen molar-refractivity contribution in [3.05, 3.63) is 100 Å². The molecule has 0 aliphatic carbocycles. The first-order valence-electron chi connectivity index (χ1n) is 15.8. The zero-order valence-electron chi connectivity index (χ0n) is 26.7. The Morgan fingerprint density at radius 3 is 2.49 bits per heavy atom. The van der Waals surface area contributed by atoms with Gasteiger partial charge in [0, 0.05) is 30.6 Å². The number of likely N-dealkylation sites (tertiary alicyclic amines) is 1. The van der Waals surface area contributed by atoms with Crippen molar-refractivity contribution in [1.29, 1.82) is 0 Å². The van der Waals surface area contributed by atoms with E-state index in [0.717, 1.165) is 38.1 Å². The summed E-state index contributed by atoms with van der Waals surface area (Å²) >= 11 is 12.1. The van der Waals surface area contributed by atoms with Gasteiger partial charge in [-0.3, -0.25) is 9.52 Å². The van der Waals surface area contributed by atoms with Gasteiger partial charge in [0.05, 0.1) is 26.8 Å². The Hall–Kier alpha value is -4.96. The summed E-state index contributed by atoms with van der Waals surface area (Å²) in [5.74, 6) is -2.19. The lowest BCUT2D eigenvalue weighted by Gasteiger charge is -2.39. The minimum atomic E-state index is -4.43. The van der Waals surface area contributed by atoms with Crippen LogP contribution in [-0.4, -0.2) is 81.1 Å². The van der Waals surface area contributed by atoms with Crippen molar-refractivity contribution in [2.45, 2.75) is 29.8 Å². The Bertz CT molecular complexity index is 2490. The van der Waals surface area contributed by atoms with E-state index < -0.39 is 33.0 Å². The maximum atomic E-state index is 15.9. The molecule has 6 aromatic rings. The summed E-state index contributed by atoms with van der Waals surface area (Å²) in [5, 5.41) is 7.79. The summed E-state index contributed by atoms with van der Waals surface area (Å²) in [6.45, 7) is 1.60. The SMILES string of the molecule is CN1CC2CCC(C1)N2C(=O)c1nn(-c2ccc3ncnc(Nc4c(F)ccc(NS(=O)(=O)c5cccc(Cl)c5Cl)c4F)c3n2)c2ccccc12. The van der Waals surface area contributed by atoms with Crippen molar-refractivity contribution in [3.63, 3.8) is 0 Å². The van der Waals surface area contributed by atoms with Crippen LogP contribution in [-0.2, 0) is 10.0 Å². The quantitative estimate of drug-likeness (QED) is 0.190. The Morgan fingerprint density at radius 1 is 0.941 bits per heavy atom. The Morgan fingerprint density at radius 2 is 1.71 bits per heavy atom. The van der Waals surface area contributed by atoms with Crippen molar-refractivity contribution >= 4 is 78.3 Å². The number of benzene rings is 3. The van der Waals surface area contributed by atoms with Crippen LogP contribution < -0.4 is 10.0 Å². The van der Waals surface area contributed by atoms with Crippen molar-refractivity contribution in [2.24, 2.45) is 0 Å². The average molecular weight is 751 g/mol. The number of carbonyl (C=O) groups is 1. The smallest absolute Gasteiger partial charge is 0.275 e. The number of pyridine rings is 1. The van der Waals surface area contributed by atoms with E-state index in [9.17, 15) is 13.2 Å². The van der Waals surface area contributed by atoms with Crippen LogP contribution in [0.4, 0.5) is 26.0 Å². The molecule has 260 valence electrons. The number of carbonyl (C=O) groups excluding carboxylic acids is 1. The number of halogens is 4. The van der Waals surface area contributed by atoms with Gasteiger partial charge in [0.15, 0.2) is 23.1 Å². The van der Waals surface area contributed by atoms with Crippen LogP contribution >= 0.6 is 23.2 Å². The minimum absolute atomic E-state index is 0.0168. The largest absolute Gasteiger partial charge is 0.333 e. The van der Waals surface area contributed by atoms with Gasteiger partial charge in [0.1, 0.15) is 28.2 Å². The van der Waals surface area contributed by atoms with Gasteiger partial charge in [0.2, 0.25) is 0 Å². The number of nitrogens with zero attached hydrogens (tertiary/aromatic N) is 7. The number of hydrogen-bond donors (Lipinski definition) is 2. The van der Waals surface area contributed by atoms with Crippen molar-refractivity contribution in [1.82, 2.24) is 34.5 Å². The highest BCUT2D eigenvalue weighted by atomic mass is 35.5. The number of piperazine rings is 1. The van der Waals surface area contributed by atoms with Crippen LogP contribution in [0, 0.1) is 11.6 Å². The third-order valence-electron chi connectivity index (χ3n) is 9.16. The number of anilines is 3. The monoisotopic (exact) mass is 749 g/mol. The van der Waals surface area contributed by atoms with Crippen LogP contribution in [0.15, 0.2) is 78.0 Å². The van der Waals surface area contributed by atoms with E-state index in [0.29, 0.717) is 27.9 Å². The van der Waals surface area contributed by atoms with Gasteiger partial charge >= 0.3 is 0 Å². The summed E-state index contributed by atoms with van der Waals surface area (Å²) in [5.41, 5.74) is 0.160. The van der Waals surface area contributed by atoms with Crippen LogP contribution in [0.25, 0.3) is 27.8 Å². The number of para-hydroxylation sites is 1. The number of hydrogen-bond acceptors (Lipinski definition) is 9. The highest BCUT2D eigenvalue weighted by Gasteiger charge is 2.43. The molecule has 2 unspecified atom stereocenters. The first-order chi connectivity index (χ1) is 24.5. The number of likely N-dealkylation sites (N-methyl/N-ethyl adjacent to an activating group) is 1. The van der Waals surface area contributed by atoms with Gasteiger partial charge in [-0.05, 0) is 62.4 Å². The second-order valence-corrected chi connectivity index (χ2v) is 14.9. The molecule has 12 nitrogen and oxygen atoms in total. The van der Waals surface area contributed by atoms with Crippen LogP contribution in [0.1, 0.15) is 23.3 Å². The van der Waals surface area contributed by atoms with Crippen molar-refractivity contribution in [3.8, 4) is 5.82 Å². The predicted octanol–water partition coefficient (Wildman–Crippen LogP) is 6.41. The lowest BCUT2D eigenvalue weighted by molar-refractivity contribution is 0.0468. The third kappa shape index (κ3) is 5.79. The van der Waals surface area contributed by atoms with Crippen molar-refractivity contribution < 1.29 is 22.0 Å². The number of nitrogens with one attached hydrogen (secondary N) is 2. The predicted molar refractivity (Wildman–Crippen MR) is 189 cm³/mol. The normalized spacial score (nSPS) is 17.7.